The summed E-state index contributed by atoms with van der Waals surface area (Å²) in [7, 11) is 0. The third kappa shape index (κ3) is 3.51. The van der Waals surface area contributed by atoms with Crippen LogP contribution in [0.4, 0.5) is 0 Å². The van der Waals surface area contributed by atoms with E-state index >= 15 is 0 Å². The standard InChI is InChI=1S/C19H20ClN3O2/c1-3-5-15-6-4-11-23(15)19(25)14-9-7-13(8-10-14)17-16(20)18(24)22-12(2)21-17/h4,6-10,15H,3,5,11H2,1-2H3,(H,21,22,24). The number of aromatic nitrogens is 2. The van der Waals surface area contributed by atoms with E-state index in [1.54, 1.807) is 31.2 Å². The Hall–Kier alpha value is -2.40. The fraction of sp³-hybridized carbons (Fsp3) is 0.316. The van der Waals surface area contributed by atoms with E-state index in [-0.39, 0.29) is 22.5 Å². The first-order valence-corrected chi connectivity index (χ1v) is 8.73. The molecule has 1 N–H and O–H groups in total. The van der Waals surface area contributed by atoms with Crippen molar-refractivity contribution in [3.05, 3.63) is 63.2 Å². The Bertz CT molecular complexity index is 871. The topological polar surface area (TPSA) is 66.1 Å². The van der Waals surface area contributed by atoms with Crippen LogP contribution in [0.3, 0.4) is 0 Å². The van der Waals surface area contributed by atoms with Crippen molar-refractivity contribution in [2.24, 2.45) is 0 Å². The first kappa shape index (κ1) is 17.4. The van der Waals surface area contributed by atoms with Gasteiger partial charge in [0.1, 0.15) is 10.8 Å². The molecule has 2 aromatic rings. The highest BCUT2D eigenvalue weighted by molar-refractivity contribution is 6.32. The monoisotopic (exact) mass is 357 g/mol. The van der Waals surface area contributed by atoms with Crippen LogP contribution in [0.25, 0.3) is 11.3 Å². The molecule has 25 heavy (non-hydrogen) atoms. The second-order valence-corrected chi connectivity index (χ2v) is 6.51. The highest BCUT2D eigenvalue weighted by Crippen LogP contribution is 2.24. The quantitative estimate of drug-likeness (QED) is 0.850. The molecule has 1 atom stereocenters. The van der Waals surface area contributed by atoms with Gasteiger partial charge in [0, 0.05) is 17.7 Å². The van der Waals surface area contributed by atoms with Crippen molar-refractivity contribution in [3.63, 3.8) is 0 Å². The molecule has 0 fully saturated rings. The Morgan fingerprint density at radius 3 is 2.76 bits per heavy atom. The highest BCUT2D eigenvalue weighted by atomic mass is 35.5. The lowest BCUT2D eigenvalue weighted by atomic mass is 10.1. The molecule has 0 spiro atoms. The van der Waals surface area contributed by atoms with Crippen LogP contribution in [0.2, 0.25) is 5.02 Å². The van der Waals surface area contributed by atoms with Crippen LogP contribution in [0.15, 0.2) is 41.2 Å². The van der Waals surface area contributed by atoms with Crippen LogP contribution >= 0.6 is 11.6 Å². The Morgan fingerprint density at radius 1 is 1.36 bits per heavy atom. The number of carbonyl (C=O) groups is 1. The molecule has 0 bridgehead atoms. The van der Waals surface area contributed by atoms with Gasteiger partial charge in [0.05, 0.1) is 11.7 Å². The van der Waals surface area contributed by atoms with Crippen molar-refractivity contribution in [1.29, 1.82) is 0 Å². The van der Waals surface area contributed by atoms with E-state index in [2.05, 4.69) is 23.0 Å². The van der Waals surface area contributed by atoms with Gasteiger partial charge in [-0.25, -0.2) is 4.98 Å². The number of halogens is 1. The largest absolute Gasteiger partial charge is 0.328 e. The number of carbonyl (C=O) groups excluding carboxylic acids is 1. The zero-order valence-corrected chi connectivity index (χ0v) is 15.0. The van der Waals surface area contributed by atoms with E-state index in [0.717, 1.165) is 12.8 Å². The van der Waals surface area contributed by atoms with Crippen LogP contribution in [-0.4, -0.2) is 33.4 Å². The van der Waals surface area contributed by atoms with Crippen molar-refractivity contribution < 1.29 is 4.79 Å². The maximum absolute atomic E-state index is 12.7. The van der Waals surface area contributed by atoms with Crippen molar-refractivity contribution >= 4 is 17.5 Å². The Balaban J connectivity index is 1.86. The van der Waals surface area contributed by atoms with E-state index in [0.29, 0.717) is 29.2 Å². The van der Waals surface area contributed by atoms with E-state index in [1.807, 2.05) is 11.0 Å². The summed E-state index contributed by atoms with van der Waals surface area (Å²) in [6.07, 6.45) is 6.13. The summed E-state index contributed by atoms with van der Waals surface area (Å²) in [5.74, 6) is 0.506. The number of nitrogens with zero attached hydrogens (tertiary/aromatic N) is 2. The van der Waals surface area contributed by atoms with Crippen molar-refractivity contribution in [1.82, 2.24) is 14.9 Å². The summed E-state index contributed by atoms with van der Waals surface area (Å²) in [5, 5.41) is 0.0522. The van der Waals surface area contributed by atoms with Gasteiger partial charge in [0.15, 0.2) is 0 Å². The second-order valence-electron chi connectivity index (χ2n) is 6.13. The minimum absolute atomic E-state index is 0.0103. The van der Waals surface area contributed by atoms with E-state index in [9.17, 15) is 9.59 Å². The van der Waals surface area contributed by atoms with Gasteiger partial charge in [-0.3, -0.25) is 9.59 Å². The molecule has 0 saturated carbocycles. The molecule has 0 saturated heterocycles. The summed E-state index contributed by atoms with van der Waals surface area (Å²) in [4.78, 5) is 33.3. The van der Waals surface area contributed by atoms with Crippen LogP contribution in [0, 0.1) is 6.92 Å². The molecular weight excluding hydrogens is 338 g/mol. The van der Waals surface area contributed by atoms with Gasteiger partial charge in [-0.15, -0.1) is 0 Å². The summed E-state index contributed by atoms with van der Waals surface area (Å²) < 4.78 is 0. The predicted octanol–water partition coefficient (Wildman–Crippen LogP) is 3.58. The number of aryl methyl sites for hydroxylation is 1. The normalized spacial score (nSPS) is 16.4. The van der Waals surface area contributed by atoms with E-state index < -0.39 is 0 Å². The molecule has 5 nitrogen and oxygen atoms in total. The summed E-state index contributed by atoms with van der Waals surface area (Å²) >= 11 is 6.07. The number of nitrogens with one attached hydrogen (secondary N) is 1. The summed E-state index contributed by atoms with van der Waals surface area (Å²) in [5.41, 5.74) is 1.38. The maximum Gasteiger partial charge on any atom is 0.270 e. The first-order valence-electron chi connectivity index (χ1n) is 8.35. The molecule has 130 valence electrons. The molecule has 2 heterocycles. The summed E-state index contributed by atoms with van der Waals surface area (Å²) in [6, 6.07) is 7.24. The lowest BCUT2D eigenvalue weighted by Gasteiger charge is -2.24. The highest BCUT2D eigenvalue weighted by Gasteiger charge is 2.25. The molecule has 1 aromatic heterocycles. The molecule has 1 aliphatic heterocycles. The second kappa shape index (κ2) is 7.23. The number of H-pyrrole nitrogens is 1. The lowest BCUT2D eigenvalue weighted by Crippen LogP contribution is -2.35. The Kier molecular flexibility index (Phi) is 5.04. The number of benzene rings is 1. The van der Waals surface area contributed by atoms with Crippen LogP contribution in [-0.2, 0) is 0 Å². The van der Waals surface area contributed by atoms with Crippen LogP contribution in [0.1, 0.15) is 35.9 Å². The molecule has 0 aliphatic carbocycles. The van der Waals surface area contributed by atoms with Gasteiger partial charge in [-0.05, 0) is 25.5 Å². The number of rotatable bonds is 4. The smallest absolute Gasteiger partial charge is 0.270 e. The summed E-state index contributed by atoms with van der Waals surface area (Å²) in [6.45, 7) is 4.46. The van der Waals surface area contributed by atoms with Crippen LogP contribution in [0.5, 0.6) is 0 Å². The minimum Gasteiger partial charge on any atom is -0.328 e. The van der Waals surface area contributed by atoms with E-state index in [1.165, 1.54) is 0 Å². The van der Waals surface area contributed by atoms with Gasteiger partial charge in [-0.1, -0.05) is 49.2 Å². The van der Waals surface area contributed by atoms with Crippen LogP contribution < -0.4 is 5.56 Å². The molecule has 1 amide bonds. The molecule has 6 heteroatoms. The van der Waals surface area contributed by atoms with Gasteiger partial charge < -0.3 is 9.88 Å². The molecule has 1 aromatic carbocycles. The lowest BCUT2D eigenvalue weighted by molar-refractivity contribution is 0.0744. The number of hydrogen-bond acceptors (Lipinski definition) is 3. The van der Waals surface area contributed by atoms with Gasteiger partial charge >= 0.3 is 0 Å². The Morgan fingerprint density at radius 2 is 2.08 bits per heavy atom. The average Bonchev–Trinajstić information content (AvgIpc) is 3.06. The Labute approximate surface area is 151 Å². The molecule has 0 radical (unpaired) electrons. The zero-order valence-electron chi connectivity index (χ0n) is 14.3. The molecule has 1 unspecified atom stereocenters. The number of aromatic amines is 1. The third-order valence-electron chi connectivity index (χ3n) is 4.29. The molecule has 1 aliphatic rings. The third-order valence-corrected chi connectivity index (χ3v) is 4.64. The fourth-order valence-electron chi connectivity index (χ4n) is 3.05. The van der Waals surface area contributed by atoms with Crippen molar-refractivity contribution in [3.8, 4) is 11.3 Å². The zero-order chi connectivity index (χ0) is 18.0. The molecule has 3 rings (SSSR count). The first-order chi connectivity index (χ1) is 12.0. The maximum atomic E-state index is 12.7. The number of hydrogen-bond donors (Lipinski definition) is 1. The van der Waals surface area contributed by atoms with Gasteiger partial charge in [-0.2, -0.15) is 0 Å². The van der Waals surface area contributed by atoms with Gasteiger partial charge in [0.25, 0.3) is 11.5 Å². The average molecular weight is 358 g/mol. The predicted molar refractivity (Wildman–Crippen MR) is 98.9 cm³/mol. The minimum atomic E-state index is -0.366. The van der Waals surface area contributed by atoms with Gasteiger partial charge in [0.2, 0.25) is 0 Å². The van der Waals surface area contributed by atoms with Crippen molar-refractivity contribution in [2.75, 3.05) is 6.54 Å². The SMILES string of the molecule is CCCC1C=CCN1C(=O)c1ccc(-c2nc(C)[nH]c(=O)c2Cl)cc1. The van der Waals surface area contributed by atoms with E-state index in [4.69, 9.17) is 11.6 Å². The number of amides is 1. The fourth-order valence-corrected chi connectivity index (χ4v) is 3.25. The van der Waals surface area contributed by atoms with Crippen molar-refractivity contribution in [2.45, 2.75) is 32.7 Å². The molecular formula is C19H20ClN3O2.